The number of pyridine rings is 1. The van der Waals surface area contributed by atoms with Crippen LogP contribution in [0.4, 0.5) is 0 Å². The summed E-state index contributed by atoms with van der Waals surface area (Å²) in [4.78, 5) is 4.74. The molecule has 0 saturated carbocycles. The fourth-order valence-electron chi connectivity index (χ4n) is 2.34. The molecule has 0 unspecified atom stereocenters. The van der Waals surface area contributed by atoms with Gasteiger partial charge in [-0.2, -0.15) is 0 Å². The number of ether oxygens (including phenoxy) is 1. The lowest BCUT2D eigenvalue weighted by Gasteiger charge is -2.09. The Morgan fingerprint density at radius 1 is 1.20 bits per heavy atom. The van der Waals surface area contributed by atoms with Gasteiger partial charge >= 0.3 is 0 Å². The molecule has 2 aromatic heterocycles. The summed E-state index contributed by atoms with van der Waals surface area (Å²) in [5.41, 5.74) is 2.65. The summed E-state index contributed by atoms with van der Waals surface area (Å²) in [7, 11) is -1.88. The van der Waals surface area contributed by atoms with Gasteiger partial charge in [-0.05, 0) is 42.0 Å². The van der Waals surface area contributed by atoms with Crippen molar-refractivity contribution in [1.29, 1.82) is 0 Å². The van der Waals surface area contributed by atoms with Crippen LogP contribution in [-0.2, 0) is 16.6 Å². The summed E-state index contributed by atoms with van der Waals surface area (Å²) in [5, 5.41) is 1.90. The molecule has 2 heterocycles. The summed E-state index contributed by atoms with van der Waals surface area (Å²) in [5.74, 6) is 0.760. The van der Waals surface area contributed by atoms with Gasteiger partial charge in [0.25, 0.3) is 10.0 Å². The van der Waals surface area contributed by atoms with Gasteiger partial charge in [0.2, 0.25) is 4.80 Å². The fourth-order valence-corrected chi connectivity index (χ4v) is 4.07. The molecular weight excluding hydrogens is 358 g/mol. The van der Waals surface area contributed by atoms with E-state index in [0.717, 1.165) is 29.0 Å². The molecule has 1 aromatic carbocycles. The van der Waals surface area contributed by atoms with Gasteiger partial charge in [-0.15, -0.1) is 15.7 Å². The van der Waals surface area contributed by atoms with E-state index < -0.39 is 10.0 Å². The van der Waals surface area contributed by atoms with E-state index in [9.17, 15) is 8.42 Å². The van der Waals surface area contributed by atoms with E-state index in [2.05, 4.69) is 9.38 Å². The molecular formula is C17H17N3O3S2. The Balaban J connectivity index is 2.13. The van der Waals surface area contributed by atoms with Gasteiger partial charge in [0.05, 0.1) is 31.3 Å². The average Bonchev–Trinajstić information content (AvgIpc) is 2.96. The molecule has 0 aliphatic heterocycles. The number of rotatable bonds is 5. The van der Waals surface area contributed by atoms with Crippen molar-refractivity contribution in [2.24, 2.45) is 4.40 Å². The van der Waals surface area contributed by atoms with Crippen LogP contribution in [0.15, 0.2) is 58.4 Å². The minimum Gasteiger partial charge on any atom is -0.497 e. The van der Waals surface area contributed by atoms with Crippen LogP contribution in [0.25, 0.3) is 11.3 Å². The molecule has 0 saturated heterocycles. The van der Waals surface area contributed by atoms with Gasteiger partial charge < -0.3 is 9.30 Å². The van der Waals surface area contributed by atoms with Crippen molar-refractivity contribution in [3.8, 4) is 17.0 Å². The van der Waals surface area contributed by atoms with Gasteiger partial charge in [0.15, 0.2) is 0 Å². The van der Waals surface area contributed by atoms with Crippen molar-refractivity contribution in [3.63, 3.8) is 0 Å². The highest BCUT2D eigenvalue weighted by atomic mass is 32.2. The van der Waals surface area contributed by atoms with Crippen molar-refractivity contribution < 1.29 is 13.2 Å². The fraction of sp³-hybridized carbons (Fsp3) is 0.176. The van der Waals surface area contributed by atoms with Crippen LogP contribution in [0, 0.1) is 0 Å². The lowest BCUT2D eigenvalue weighted by Crippen LogP contribution is -2.19. The molecule has 0 amide bonds. The molecule has 0 spiro atoms. The highest BCUT2D eigenvalue weighted by Crippen LogP contribution is 2.23. The lowest BCUT2D eigenvalue weighted by atomic mass is 10.1. The molecule has 0 aliphatic rings. The zero-order valence-corrected chi connectivity index (χ0v) is 15.4. The Labute approximate surface area is 150 Å². The first-order chi connectivity index (χ1) is 12.0. The topological polar surface area (TPSA) is 73.5 Å². The molecule has 130 valence electrons. The van der Waals surface area contributed by atoms with Gasteiger partial charge in [-0.1, -0.05) is 6.07 Å². The van der Waals surface area contributed by atoms with Crippen LogP contribution in [0.2, 0.25) is 0 Å². The standard InChI is InChI=1S/C17H17N3O3S2/c1-23-15-8-6-13(7-9-15)16-12-24-17(19-25(2,21)22)20(16)11-14-5-3-4-10-18-14/h3-10,12H,11H2,1-2H3/b19-17+. The summed E-state index contributed by atoms with van der Waals surface area (Å²) in [6.45, 7) is 0.431. The van der Waals surface area contributed by atoms with E-state index in [4.69, 9.17) is 4.74 Å². The van der Waals surface area contributed by atoms with Crippen LogP contribution in [0.5, 0.6) is 5.75 Å². The van der Waals surface area contributed by atoms with Crippen molar-refractivity contribution in [2.75, 3.05) is 13.4 Å². The minimum absolute atomic E-state index is 0.416. The predicted octanol–water partition coefficient (Wildman–Crippen LogP) is 2.53. The number of benzene rings is 1. The van der Waals surface area contributed by atoms with Crippen LogP contribution in [0.1, 0.15) is 5.69 Å². The Morgan fingerprint density at radius 2 is 1.96 bits per heavy atom. The number of nitrogens with zero attached hydrogens (tertiary/aromatic N) is 3. The summed E-state index contributed by atoms with van der Waals surface area (Å²) >= 11 is 1.29. The third-order valence-corrected chi connectivity index (χ3v) is 4.96. The zero-order chi connectivity index (χ0) is 17.9. The molecule has 8 heteroatoms. The highest BCUT2D eigenvalue weighted by Gasteiger charge is 2.11. The molecule has 6 nitrogen and oxygen atoms in total. The second kappa shape index (κ2) is 7.20. The molecule has 0 N–H and O–H groups in total. The molecule has 0 radical (unpaired) electrons. The van der Waals surface area contributed by atoms with Crippen molar-refractivity contribution in [2.45, 2.75) is 6.54 Å². The maximum Gasteiger partial charge on any atom is 0.252 e. The van der Waals surface area contributed by atoms with E-state index >= 15 is 0 Å². The lowest BCUT2D eigenvalue weighted by molar-refractivity contribution is 0.415. The van der Waals surface area contributed by atoms with Gasteiger partial charge in [-0.25, -0.2) is 8.42 Å². The maximum atomic E-state index is 11.6. The van der Waals surface area contributed by atoms with Crippen molar-refractivity contribution in [1.82, 2.24) is 9.55 Å². The predicted molar refractivity (Wildman–Crippen MR) is 98.0 cm³/mol. The molecule has 0 fully saturated rings. The number of hydrogen-bond acceptors (Lipinski definition) is 5. The third-order valence-electron chi connectivity index (χ3n) is 3.47. The Hall–Kier alpha value is -2.45. The minimum atomic E-state index is -3.50. The number of hydrogen-bond donors (Lipinski definition) is 0. The van der Waals surface area contributed by atoms with Crippen LogP contribution < -0.4 is 9.54 Å². The van der Waals surface area contributed by atoms with Crippen LogP contribution in [0.3, 0.4) is 0 Å². The molecule has 0 atom stereocenters. The van der Waals surface area contributed by atoms with Gasteiger partial charge in [-0.3, -0.25) is 4.98 Å². The smallest absolute Gasteiger partial charge is 0.252 e. The van der Waals surface area contributed by atoms with E-state index in [1.54, 1.807) is 13.3 Å². The number of methoxy groups -OCH3 is 1. The second-order valence-corrected chi connectivity index (χ2v) is 7.85. The first-order valence-electron chi connectivity index (χ1n) is 7.45. The number of sulfonamides is 1. The molecule has 0 bridgehead atoms. The zero-order valence-electron chi connectivity index (χ0n) is 13.8. The van der Waals surface area contributed by atoms with E-state index in [1.807, 2.05) is 52.4 Å². The number of aromatic nitrogens is 2. The van der Waals surface area contributed by atoms with Crippen LogP contribution >= 0.6 is 11.3 Å². The number of thiazole rings is 1. The van der Waals surface area contributed by atoms with Crippen molar-refractivity contribution in [3.05, 3.63) is 64.5 Å². The largest absolute Gasteiger partial charge is 0.497 e. The monoisotopic (exact) mass is 375 g/mol. The average molecular weight is 375 g/mol. The molecule has 3 aromatic rings. The quantitative estimate of drug-likeness (QED) is 0.687. The molecule has 0 aliphatic carbocycles. The Bertz CT molecular complexity index is 1020. The summed E-state index contributed by atoms with van der Waals surface area (Å²) < 4.78 is 34.2. The summed E-state index contributed by atoms with van der Waals surface area (Å²) in [6.07, 6.45) is 2.80. The summed E-state index contributed by atoms with van der Waals surface area (Å²) in [6, 6.07) is 13.2. The van der Waals surface area contributed by atoms with E-state index in [-0.39, 0.29) is 0 Å². The second-order valence-electron chi connectivity index (χ2n) is 5.36. The maximum absolute atomic E-state index is 11.6. The van der Waals surface area contributed by atoms with E-state index in [0.29, 0.717) is 11.3 Å². The Kier molecular flexibility index (Phi) is 5.00. The van der Waals surface area contributed by atoms with Crippen LogP contribution in [-0.4, -0.2) is 31.3 Å². The third kappa shape index (κ3) is 4.34. The Morgan fingerprint density at radius 3 is 2.56 bits per heavy atom. The van der Waals surface area contributed by atoms with E-state index in [1.165, 1.54) is 11.3 Å². The molecule has 25 heavy (non-hydrogen) atoms. The SMILES string of the molecule is COc1ccc(-c2cs/c(=N/S(C)(=O)=O)n2Cc2ccccn2)cc1. The molecule has 3 rings (SSSR count). The normalized spacial score (nSPS) is 12.3. The van der Waals surface area contributed by atoms with Gasteiger partial charge in [0, 0.05) is 11.6 Å². The first kappa shape index (κ1) is 17.4. The highest BCUT2D eigenvalue weighted by molar-refractivity contribution is 7.89. The first-order valence-corrected chi connectivity index (χ1v) is 10.2. The van der Waals surface area contributed by atoms with Crippen molar-refractivity contribution >= 4 is 21.4 Å². The van der Waals surface area contributed by atoms with Gasteiger partial charge in [0.1, 0.15) is 5.75 Å².